The summed E-state index contributed by atoms with van der Waals surface area (Å²) in [6, 6.07) is 21.7. The second-order valence-corrected chi connectivity index (χ2v) is 6.93. The molecule has 28 heavy (non-hydrogen) atoms. The highest BCUT2D eigenvalue weighted by atomic mass is 32.1. The van der Waals surface area contributed by atoms with E-state index in [1.54, 1.807) is 6.07 Å². The number of nitrogens with zero attached hydrogens (tertiary/aromatic N) is 3. The number of aromatic hydroxyl groups is 2. The van der Waals surface area contributed by atoms with E-state index in [2.05, 4.69) is 20.5 Å². The minimum absolute atomic E-state index is 0.0107. The van der Waals surface area contributed by atoms with Gasteiger partial charge in [0.2, 0.25) is 0 Å². The Labute approximate surface area is 165 Å². The molecule has 4 rings (SSSR count). The number of aliphatic imine (C=N–C) groups is 1. The Morgan fingerprint density at radius 1 is 0.964 bits per heavy atom. The summed E-state index contributed by atoms with van der Waals surface area (Å²) in [6.07, 6.45) is 1.46. The molecule has 0 atom stereocenters. The van der Waals surface area contributed by atoms with Crippen molar-refractivity contribution in [3.05, 3.63) is 83.4 Å². The van der Waals surface area contributed by atoms with Crippen molar-refractivity contribution in [1.82, 2.24) is 10.4 Å². The molecule has 3 N–H and O–H groups in total. The molecule has 0 aliphatic rings. The first kappa shape index (κ1) is 17.7. The summed E-state index contributed by atoms with van der Waals surface area (Å²) >= 11 is 1.52. The first-order chi connectivity index (χ1) is 13.7. The van der Waals surface area contributed by atoms with Crippen LogP contribution in [0.2, 0.25) is 0 Å². The molecule has 3 aromatic carbocycles. The number of phenolic OH excluding ortho intramolecular Hbond substituents is 2. The van der Waals surface area contributed by atoms with Crippen LogP contribution in [0.15, 0.2) is 82.9 Å². The molecular formula is C21H16N4O2S. The standard InChI is InChI=1S/C21H16N4O2S/c26-16-11-10-14(18(27)12-16)13-22-25-20(23-15-6-2-1-3-7-15)21-24-17-8-4-5-9-19(17)28-21/h1-13,26-27H,(H,23,25)/b22-13+. The molecule has 0 spiro atoms. The van der Waals surface area contributed by atoms with Crippen molar-refractivity contribution in [2.45, 2.75) is 0 Å². The lowest BCUT2D eigenvalue weighted by molar-refractivity contribution is 0.450. The lowest BCUT2D eigenvalue weighted by Crippen LogP contribution is -2.18. The number of thiazole rings is 1. The van der Waals surface area contributed by atoms with E-state index in [-0.39, 0.29) is 11.5 Å². The lowest BCUT2D eigenvalue weighted by atomic mass is 10.2. The molecule has 0 fully saturated rings. The van der Waals surface area contributed by atoms with Gasteiger partial charge in [0.25, 0.3) is 0 Å². The summed E-state index contributed by atoms with van der Waals surface area (Å²) in [5, 5.41) is 24.2. The molecule has 0 unspecified atom stereocenters. The minimum atomic E-state index is -0.0629. The zero-order valence-electron chi connectivity index (χ0n) is 14.6. The number of rotatable bonds is 4. The number of nitrogens with one attached hydrogen (secondary N) is 1. The van der Waals surface area contributed by atoms with Crippen LogP contribution in [-0.4, -0.2) is 27.2 Å². The van der Waals surface area contributed by atoms with Gasteiger partial charge < -0.3 is 10.2 Å². The van der Waals surface area contributed by atoms with E-state index < -0.39 is 0 Å². The monoisotopic (exact) mass is 388 g/mol. The van der Waals surface area contributed by atoms with Crippen molar-refractivity contribution >= 4 is 39.3 Å². The highest BCUT2D eigenvalue weighted by Gasteiger charge is 2.10. The number of hydrogen-bond donors (Lipinski definition) is 3. The Balaban J connectivity index is 1.67. The Hall–Kier alpha value is -3.71. The third kappa shape index (κ3) is 3.99. The third-order valence-electron chi connectivity index (χ3n) is 3.88. The number of amidine groups is 1. The van der Waals surface area contributed by atoms with Crippen LogP contribution in [-0.2, 0) is 0 Å². The average molecular weight is 388 g/mol. The molecule has 138 valence electrons. The van der Waals surface area contributed by atoms with Crippen molar-refractivity contribution in [2.75, 3.05) is 0 Å². The zero-order chi connectivity index (χ0) is 19.3. The third-order valence-corrected chi connectivity index (χ3v) is 4.92. The molecule has 7 heteroatoms. The van der Waals surface area contributed by atoms with Crippen LogP contribution in [0.4, 0.5) is 5.69 Å². The van der Waals surface area contributed by atoms with E-state index in [0.717, 1.165) is 15.9 Å². The van der Waals surface area contributed by atoms with Gasteiger partial charge in [-0.2, -0.15) is 5.10 Å². The molecule has 1 heterocycles. The fraction of sp³-hybridized carbons (Fsp3) is 0. The lowest BCUT2D eigenvalue weighted by Gasteiger charge is -2.03. The van der Waals surface area contributed by atoms with Crippen LogP contribution < -0.4 is 5.43 Å². The summed E-state index contributed by atoms with van der Waals surface area (Å²) in [5.74, 6) is 0.428. The second kappa shape index (κ2) is 7.89. The van der Waals surface area contributed by atoms with Crippen molar-refractivity contribution in [2.24, 2.45) is 10.1 Å². The Morgan fingerprint density at radius 3 is 2.54 bits per heavy atom. The van der Waals surface area contributed by atoms with Gasteiger partial charge in [-0.3, -0.25) is 5.43 Å². The molecular weight excluding hydrogens is 372 g/mol. The van der Waals surface area contributed by atoms with E-state index in [4.69, 9.17) is 0 Å². The first-order valence-electron chi connectivity index (χ1n) is 8.50. The quantitative estimate of drug-likeness (QED) is 0.274. The van der Waals surface area contributed by atoms with E-state index >= 15 is 0 Å². The molecule has 1 aromatic heterocycles. The maximum absolute atomic E-state index is 9.88. The normalized spacial score (nSPS) is 11.9. The summed E-state index contributed by atoms with van der Waals surface area (Å²) in [5.41, 5.74) is 5.06. The first-order valence-corrected chi connectivity index (χ1v) is 9.31. The van der Waals surface area contributed by atoms with Crippen molar-refractivity contribution in [3.63, 3.8) is 0 Å². The number of fused-ring (bicyclic) bond motifs is 1. The Kier molecular flexibility index (Phi) is 4.99. The van der Waals surface area contributed by atoms with E-state index in [1.165, 1.54) is 29.7 Å². The Bertz CT molecular complexity index is 1140. The molecule has 0 bridgehead atoms. The zero-order valence-corrected chi connectivity index (χ0v) is 15.5. The van der Waals surface area contributed by atoms with Gasteiger partial charge in [0.1, 0.15) is 11.5 Å². The summed E-state index contributed by atoms with van der Waals surface area (Å²) < 4.78 is 1.06. The van der Waals surface area contributed by atoms with Gasteiger partial charge in [-0.15, -0.1) is 11.3 Å². The van der Waals surface area contributed by atoms with Gasteiger partial charge in [0, 0.05) is 11.6 Å². The van der Waals surface area contributed by atoms with Crippen LogP contribution in [0.3, 0.4) is 0 Å². The fourth-order valence-corrected chi connectivity index (χ4v) is 3.44. The van der Waals surface area contributed by atoms with Crippen LogP contribution in [0.25, 0.3) is 10.2 Å². The molecule has 6 nitrogen and oxygen atoms in total. The number of hydrogen-bond acceptors (Lipinski definition) is 6. The summed E-state index contributed by atoms with van der Waals surface area (Å²) in [6.45, 7) is 0. The molecule has 0 radical (unpaired) electrons. The Morgan fingerprint density at radius 2 is 1.75 bits per heavy atom. The highest BCUT2D eigenvalue weighted by Crippen LogP contribution is 2.23. The summed E-state index contributed by atoms with van der Waals surface area (Å²) in [7, 11) is 0. The maximum Gasteiger partial charge on any atom is 0.183 e. The van der Waals surface area contributed by atoms with Crippen LogP contribution >= 0.6 is 11.3 Å². The van der Waals surface area contributed by atoms with Crippen molar-refractivity contribution in [1.29, 1.82) is 0 Å². The minimum Gasteiger partial charge on any atom is -0.508 e. The van der Waals surface area contributed by atoms with Gasteiger partial charge >= 0.3 is 0 Å². The number of phenols is 2. The molecule has 0 saturated heterocycles. The van der Waals surface area contributed by atoms with Gasteiger partial charge in [-0.05, 0) is 36.4 Å². The molecule has 0 aliphatic carbocycles. The number of para-hydroxylation sites is 2. The summed E-state index contributed by atoms with van der Waals surface area (Å²) in [4.78, 5) is 9.26. The largest absolute Gasteiger partial charge is 0.508 e. The number of hydrazone groups is 1. The topological polar surface area (TPSA) is 90.1 Å². The van der Waals surface area contributed by atoms with Crippen LogP contribution in [0, 0.1) is 0 Å². The van der Waals surface area contributed by atoms with Gasteiger partial charge in [-0.1, -0.05) is 30.3 Å². The molecule has 0 amide bonds. The molecule has 0 aliphatic heterocycles. The SMILES string of the molecule is Oc1ccc(/C=N/NC(=Nc2ccccc2)c2nc3ccccc3s2)c(O)c1. The van der Waals surface area contributed by atoms with E-state index in [1.807, 2.05) is 54.6 Å². The van der Waals surface area contributed by atoms with E-state index in [9.17, 15) is 10.2 Å². The van der Waals surface area contributed by atoms with E-state index in [0.29, 0.717) is 16.4 Å². The predicted octanol–water partition coefficient (Wildman–Crippen LogP) is 4.41. The van der Waals surface area contributed by atoms with Crippen molar-refractivity contribution < 1.29 is 10.2 Å². The fourth-order valence-electron chi connectivity index (χ4n) is 2.53. The van der Waals surface area contributed by atoms with Gasteiger partial charge in [-0.25, -0.2) is 9.98 Å². The molecule has 4 aromatic rings. The average Bonchev–Trinajstić information content (AvgIpc) is 3.14. The number of aromatic nitrogens is 1. The smallest absolute Gasteiger partial charge is 0.183 e. The van der Waals surface area contributed by atoms with Crippen molar-refractivity contribution in [3.8, 4) is 11.5 Å². The van der Waals surface area contributed by atoms with Crippen LogP contribution in [0.5, 0.6) is 11.5 Å². The van der Waals surface area contributed by atoms with Crippen LogP contribution in [0.1, 0.15) is 10.6 Å². The highest BCUT2D eigenvalue weighted by molar-refractivity contribution is 7.20. The second-order valence-electron chi connectivity index (χ2n) is 5.90. The van der Waals surface area contributed by atoms with Gasteiger partial charge in [0.15, 0.2) is 10.8 Å². The predicted molar refractivity (Wildman–Crippen MR) is 113 cm³/mol. The van der Waals surface area contributed by atoms with Gasteiger partial charge in [0.05, 0.1) is 22.1 Å². The maximum atomic E-state index is 9.88. The number of benzene rings is 3. The molecule has 0 saturated carbocycles.